The molecule has 6 nitrogen and oxygen atoms in total. The highest BCUT2D eigenvalue weighted by Gasteiger charge is 2.34. The van der Waals surface area contributed by atoms with Crippen molar-refractivity contribution in [1.82, 2.24) is 19.7 Å². The molecule has 5 aromatic rings. The molecule has 0 aliphatic rings. The second-order valence-electron chi connectivity index (χ2n) is 7.24. The fourth-order valence-electron chi connectivity index (χ4n) is 3.52. The van der Waals surface area contributed by atoms with Crippen molar-refractivity contribution in [3.8, 4) is 40.0 Å². The predicted molar refractivity (Wildman–Crippen MR) is 112 cm³/mol. The van der Waals surface area contributed by atoms with Crippen LogP contribution in [0.3, 0.4) is 0 Å². The molecule has 32 heavy (non-hydrogen) atoms. The Balaban J connectivity index is 1.46. The van der Waals surface area contributed by atoms with Crippen molar-refractivity contribution in [1.29, 1.82) is 0 Å². The Morgan fingerprint density at radius 1 is 0.906 bits per heavy atom. The van der Waals surface area contributed by atoms with Gasteiger partial charge in [0.15, 0.2) is 5.69 Å². The monoisotopic (exact) mass is 436 g/mol. The van der Waals surface area contributed by atoms with Gasteiger partial charge >= 0.3 is 6.18 Å². The van der Waals surface area contributed by atoms with E-state index in [0.717, 1.165) is 11.6 Å². The van der Waals surface area contributed by atoms with Gasteiger partial charge in [-0.25, -0.2) is 4.98 Å². The van der Waals surface area contributed by atoms with Crippen LogP contribution >= 0.6 is 0 Å². The Morgan fingerprint density at radius 2 is 1.62 bits per heavy atom. The van der Waals surface area contributed by atoms with Crippen molar-refractivity contribution in [2.45, 2.75) is 6.18 Å². The Kier molecular flexibility index (Phi) is 4.47. The second kappa shape index (κ2) is 7.23. The number of nitrogens with zero attached hydrogens (tertiary/aromatic N) is 4. The number of hydrogen-bond acceptors (Lipinski definition) is 5. The van der Waals surface area contributed by atoms with Crippen LogP contribution in [0.4, 0.5) is 13.2 Å². The minimum Gasteiger partial charge on any atom is -0.506 e. The van der Waals surface area contributed by atoms with E-state index in [-0.39, 0.29) is 23.3 Å². The molecule has 0 bridgehead atoms. The molecule has 0 unspecified atom stereocenters. The second-order valence-corrected chi connectivity index (χ2v) is 7.24. The Labute approximate surface area is 179 Å². The Bertz CT molecular complexity index is 1440. The van der Waals surface area contributed by atoms with Crippen molar-refractivity contribution in [2.24, 2.45) is 7.05 Å². The minimum atomic E-state index is -4.51. The topological polar surface area (TPSA) is 77.0 Å². The van der Waals surface area contributed by atoms with E-state index in [1.807, 2.05) is 24.3 Å². The quantitative estimate of drug-likeness (QED) is 0.394. The van der Waals surface area contributed by atoms with Crippen LogP contribution in [0.2, 0.25) is 0 Å². The highest BCUT2D eigenvalue weighted by atomic mass is 19.4. The van der Waals surface area contributed by atoms with Crippen LogP contribution in [0.15, 0.2) is 71.4 Å². The van der Waals surface area contributed by atoms with E-state index < -0.39 is 11.9 Å². The van der Waals surface area contributed by atoms with Crippen LogP contribution in [-0.4, -0.2) is 24.8 Å². The van der Waals surface area contributed by atoms with Crippen molar-refractivity contribution in [2.75, 3.05) is 0 Å². The number of aromatic nitrogens is 4. The van der Waals surface area contributed by atoms with Gasteiger partial charge in [0.25, 0.3) is 5.89 Å². The van der Waals surface area contributed by atoms with E-state index in [2.05, 4.69) is 15.1 Å². The van der Waals surface area contributed by atoms with Crippen LogP contribution in [0.25, 0.3) is 45.0 Å². The molecule has 160 valence electrons. The van der Waals surface area contributed by atoms with Gasteiger partial charge in [0.1, 0.15) is 11.6 Å². The van der Waals surface area contributed by atoms with Gasteiger partial charge in [0.2, 0.25) is 5.82 Å². The van der Waals surface area contributed by atoms with E-state index in [1.54, 1.807) is 36.4 Å². The average molecular weight is 436 g/mol. The molecule has 1 N–H and O–H groups in total. The summed E-state index contributed by atoms with van der Waals surface area (Å²) in [6.45, 7) is 0. The normalized spacial score (nSPS) is 11.9. The number of halogens is 3. The number of aromatic hydroxyl groups is 1. The van der Waals surface area contributed by atoms with Crippen molar-refractivity contribution < 1.29 is 22.8 Å². The average Bonchev–Trinajstić information content (AvgIpc) is 3.41. The summed E-state index contributed by atoms with van der Waals surface area (Å²) in [4.78, 5) is 8.06. The third-order valence-corrected chi connectivity index (χ3v) is 5.13. The summed E-state index contributed by atoms with van der Waals surface area (Å²) in [6.07, 6.45) is -3.56. The van der Waals surface area contributed by atoms with E-state index in [1.165, 1.54) is 11.6 Å². The number of benzene rings is 3. The van der Waals surface area contributed by atoms with Crippen LogP contribution in [0.5, 0.6) is 5.75 Å². The van der Waals surface area contributed by atoms with Crippen molar-refractivity contribution >= 4 is 10.8 Å². The highest BCUT2D eigenvalue weighted by Crippen LogP contribution is 2.36. The zero-order chi connectivity index (χ0) is 22.5. The summed E-state index contributed by atoms with van der Waals surface area (Å²) in [5, 5.41) is 16.1. The third kappa shape index (κ3) is 3.37. The zero-order valence-corrected chi connectivity index (χ0v) is 16.6. The largest absolute Gasteiger partial charge is 0.506 e. The lowest BCUT2D eigenvalue weighted by Gasteiger charge is -2.04. The molecule has 0 saturated heterocycles. The molecule has 0 amide bonds. The summed E-state index contributed by atoms with van der Waals surface area (Å²) in [5.41, 5.74) is 0.584. The fourth-order valence-corrected chi connectivity index (χ4v) is 3.52. The molecule has 3 aromatic carbocycles. The molecule has 0 saturated carbocycles. The van der Waals surface area contributed by atoms with Gasteiger partial charge in [0, 0.05) is 29.8 Å². The van der Waals surface area contributed by atoms with Crippen molar-refractivity contribution in [3.05, 3.63) is 72.6 Å². The van der Waals surface area contributed by atoms with Gasteiger partial charge in [-0.3, -0.25) is 0 Å². The van der Waals surface area contributed by atoms with Crippen LogP contribution < -0.4 is 0 Å². The van der Waals surface area contributed by atoms with Gasteiger partial charge in [-0.15, -0.1) is 0 Å². The van der Waals surface area contributed by atoms with Crippen LogP contribution in [0, 0.1) is 0 Å². The van der Waals surface area contributed by atoms with Gasteiger partial charge in [-0.1, -0.05) is 59.8 Å². The number of fused-ring (bicyclic) bond motifs is 1. The number of phenolic OH excluding ortho intramolecular Hbond substituents is 1. The SMILES string of the molecule is Cn1cc(C(F)(F)F)nc1-c1ccc(-c2noc(-c3ccc4ccccc4c3O)n2)cc1. The molecule has 2 aromatic heterocycles. The molecule has 0 aliphatic carbocycles. The standard InChI is InChI=1S/C23H15F3N4O2/c1-30-12-18(23(24,25)26)27-21(30)15-8-6-14(7-9-15)20-28-22(32-29-20)17-11-10-13-4-2-3-5-16(13)19(17)31/h2-12,31H,1H3. The van der Waals surface area contributed by atoms with E-state index in [4.69, 9.17) is 4.52 Å². The van der Waals surface area contributed by atoms with E-state index in [0.29, 0.717) is 22.1 Å². The third-order valence-electron chi connectivity index (χ3n) is 5.13. The van der Waals surface area contributed by atoms with Crippen LogP contribution in [-0.2, 0) is 13.2 Å². The number of aryl methyl sites for hydroxylation is 1. The molecule has 9 heteroatoms. The van der Waals surface area contributed by atoms with Gasteiger partial charge in [-0.05, 0) is 11.5 Å². The summed E-state index contributed by atoms with van der Waals surface area (Å²) in [6, 6.07) is 17.6. The molecule has 0 fully saturated rings. The maximum absolute atomic E-state index is 12.9. The predicted octanol–water partition coefficient (Wildman–Crippen LogP) is 5.68. The first kappa shape index (κ1) is 19.8. The molecule has 5 rings (SSSR count). The number of rotatable bonds is 3. The first-order valence-electron chi connectivity index (χ1n) is 9.57. The molecular weight excluding hydrogens is 421 g/mol. The maximum Gasteiger partial charge on any atom is 0.434 e. The smallest absolute Gasteiger partial charge is 0.434 e. The van der Waals surface area contributed by atoms with Gasteiger partial charge in [0.05, 0.1) is 5.56 Å². The number of alkyl halides is 3. The summed E-state index contributed by atoms with van der Waals surface area (Å²) < 4.78 is 45.4. The number of imidazole rings is 1. The Hall–Kier alpha value is -4.14. The first-order chi connectivity index (χ1) is 15.3. The fraction of sp³-hybridized carbons (Fsp3) is 0.0870. The summed E-state index contributed by atoms with van der Waals surface area (Å²) in [7, 11) is 1.51. The molecular formula is C23H15F3N4O2. The first-order valence-corrected chi connectivity index (χ1v) is 9.57. The number of hydrogen-bond donors (Lipinski definition) is 1. The highest BCUT2D eigenvalue weighted by molar-refractivity contribution is 5.93. The lowest BCUT2D eigenvalue weighted by Crippen LogP contribution is -2.04. The molecule has 0 aliphatic heterocycles. The lowest BCUT2D eigenvalue weighted by atomic mass is 10.1. The summed E-state index contributed by atoms with van der Waals surface area (Å²) >= 11 is 0. The lowest BCUT2D eigenvalue weighted by molar-refractivity contribution is -0.140. The molecule has 0 atom stereocenters. The molecule has 0 spiro atoms. The maximum atomic E-state index is 12.9. The number of phenols is 1. The van der Waals surface area contributed by atoms with Gasteiger partial charge in [-0.2, -0.15) is 18.2 Å². The van der Waals surface area contributed by atoms with Gasteiger partial charge < -0.3 is 14.2 Å². The minimum absolute atomic E-state index is 0.0453. The van der Waals surface area contributed by atoms with E-state index in [9.17, 15) is 18.3 Å². The van der Waals surface area contributed by atoms with Crippen LogP contribution in [0.1, 0.15) is 5.69 Å². The molecule has 2 heterocycles. The molecule has 0 radical (unpaired) electrons. The Morgan fingerprint density at radius 3 is 2.34 bits per heavy atom. The van der Waals surface area contributed by atoms with E-state index >= 15 is 0 Å². The summed E-state index contributed by atoms with van der Waals surface area (Å²) in [5.74, 6) is 0.684. The van der Waals surface area contributed by atoms with Crippen molar-refractivity contribution in [3.63, 3.8) is 0 Å². The zero-order valence-electron chi connectivity index (χ0n) is 16.6.